The first-order valence-electron chi connectivity index (χ1n) is 5.41. The van der Waals surface area contributed by atoms with E-state index in [-0.39, 0.29) is 25.2 Å². The van der Waals surface area contributed by atoms with Crippen LogP contribution >= 0.6 is 7.60 Å². The fraction of sp³-hybridized carbons (Fsp3) is 0.667. The number of ether oxygens (including phenoxy) is 1. The van der Waals surface area contributed by atoms with E-state index in [0.717, 1.165) is 0 Å². The molecule has 1 rings (SSSR count). The Morgan fingerprint density at radius 2 is 2.00 bits per heavy atom. The lowest BCUT2D eigenvalue weighted by Gasteiger charge is -2.16. The first-order valence-corrected chi connectivity index (χ1v) is 7.14. The van der Waals surface area contributed by atoms with Crippen molar-refractivity contribution in [1.29, 1.82) is 0 Å². The molecule has 0 saturated carbocycles. The molecule has 18 heavy (non-hydrogen) atoms. The van der Waals surface area contributed by atoms with Crippen molar-refractivity contribution in [2.24, 2.45) is 0 Å². The van der Waals surface area contributed by atoms with E-state index in [0.29, 0.717) is 0 Å². The molecular weight excluding hydrogens is 261 g/mol. The van der Waals surface area contributed by atoms with Crippen LogP contribution in [0.25, 0.3) is 0 Å². The van der Waals surface area contributed by atoms with E-state index < -0.39 is 13.6 Å². The summed E-state index contributed by atoms with van der Waals surface area (Å²) in [5, 5.41) is 7.27. The fourth-order valence-corrected chi connectivity index (χ4v) is 2.77. The molecule has 102 valence electrons. The van der Waals surface area contributed by atoms with Crippen LogP contribution in [0.2, 0.25) is 0 Å². The normalized spacial score (nSPS) is 11.5. The molecule has 9 heteroatoms. The number of carbonyl (C=O) groups is 1. The Balaban J connectivity index is 2.78. The number of hydrogen-bond donors (Lipinski definition) is 0. The minimum absolute atomic E-state index is 0.0389. The summed E-state index contributed by atoms with van der Waals surface area (Å²) < 4.78 is 28.1. The Morgan fingerprint density at radius 3 is 2.50 bits per heavy atom. The van der Waals surface area contributed by atoms with Crippen molar-refractivity contribution in [3.63, 3.8) is 0 Å². The molecule has 1 heterocycles. The molecule has 0 unspecified atom stereocenters. The zero-order chi connectivity index (χ0) is 13.6. The second kappa shape index (κ2) is 6.63. The van der Waals surface area contributed by atoms with E-state index >= 15 is 0 Å². The Bertz CT molecular complexity index is 437. The van der Waals surface area contributed by atoms with Gasteiger partial charge in [0.05, 0.1) is 26.5 Å². The van der Waals surface area contributed by atoms with E-state index in [2.05, 4.69) is 15.0 Å². The number of esters is 1. The maximum Gasteiger partial charge on any atom is 0.360 e. The summed E-state index contributed by atoms with van der Waals surface area (Å²) in [7, 11) is -2.02. The Hall–Kier alpha value is -1.24. The van der Waals surface area contributed by atoms with E-state index in [4.69, 9.17) is 9.05 Å². The highest BCUT2D eigenvalue weighted by Crippen LogP contribution is 2.49. The van der Waals surface area contributed by atoms with Gasteiger partial charge in [0.15, 0.2) is 5.69 Å². The van der Waals surface area contributed by atoms with Gasteiger partial charge in [-0.3, -0.25) is 4.57 Å². The number of nitrogens with zero attached hydrogens (tertiary/aromatic N) is 3. The molecule has 0 saturated heterocycles. The molecule has 0 radical (unpaired) electrons. The molecule has 0 fully saturated rings. The fourth-order valence-electron chi connectivity index (χ4n) is 1.26. The Labute approximate surface area is 105 Å². The van der Waals surface area contributed by atoms with Crippen LogP contribution in [0.4, 0.5) is 0 Å². The summed E-state index contributed by atoms with van der Waals surface area (Å²) in [6.45, 7) is 3.95. The molecule has 0 aliphatic rings. The number of rotatable bonds is 7. The van der Waals surface area contributed by atoms with Crippen molar-refractivity contribution < 1.29 is 23.1 Å². The quantitative estimate of drug-likeness (QED) is 0.547. The predicted octanol–water partition coefficient (Wildman–Crippen LogP) is 1.29. The first-order chi connectivity index (χ1) is 8.54. The lowest BCUT2D eigenvalue weighted by atomic mass is 10.5. The van der Waals surface area contributed by atoms with Crippen molar-refractivity contribution in [2.45, 2.75) is 20.1 Å². The van der Waals surface area contributed by atoms with Gasteiger partial charge < -0.3 is 13.8 Å². The highest BCUT2D eigenvalue weighted by molar-refractivity contribution is 7.52. The van der Waals surface area contributed by atoms with Gasteiger partial charge in [0, 0.05) is 0 Å². The summed E-state index contributed by atoms with van der Waals surface area (Å²) >= 11 is 0. The van der Waals surface area contributed by atoms with Gasteiger partial charge in [-0.15, -0.1) is 5.10 Å². The van der Waals surface area contributed by atoms with Crippen LogP contribution in [-0.4, -0.2) is 41.3 Å². The van der Waals surface area contributed by atoms with Gasteiger partial charge in [-0.25, -0.2) is 9.48 Å². The number of methoxy groups -OCH3 is 1. The molecule has 0 bridgehead atoms. The monoisotopic (exact) mass is 277 g/mol. The van der Waals surface area contributed by atoms with Gasteiger partial charge >= 0.3 is 13.6 Å². The molecule has 1 aromatic rings. The number of carbonyl (C=O) groups excluding carboxylic acids is 1. The van der Waals surface area contributed by atoms with Crippen LogP contribution in [0, 0.1) is 0 Å². The largest absolute Gasteiger partial charge is 0.464 e. The maximum absolute atomic E-state index is 12.2. The molecule has 0 spiro atoms. The third-order valence-electron chi connectivity index (χ3n) is 1.90. The molecule has 8 nitrogen and oxygen atoms in total. The molecule has 1 aromatic heterocycles. The molecule has 0 amide bonds. The van der Waals surface area contributed by atoms with Gasteiger partial charge in [-0.2, -0.15) is 0 Å². The van der Waals surface area contributed by atoms with Crippen LogP contribution in [0.15, 0.2) is 6.20 Å². The first kappa shape index (κ1) is 14.8. The maximum atomic E-state index is 12.2. The van der Waals surface area contributed by atoms with Crippen molar-refractivity contribution >= 4 is 13.6 Å². The van der Waals surface area contributed by atoms with Gasteiger partial charge in [0.1, 0.15) is 6.29 Å². The summed E-state index contributed by atoms with van der Waals surface area (Å²) in [4.78, 5) is 11.2. The van der Waals surface area contributed by atoms with E-state index in [1.165, 1.54) is 18.0 Å². The molecule has 0 atom stereocenters. The van der Waals surface area contributed by atoms with E-state index in [1.807, 2.05) is 0 Å². The molecule has 0 N–H and O–H groups in total. The summed E-state index contributed by atoms with van der Waals surface area (Å²) in [5.41, 5.74) is 0.0389. The van der Waals surface area contributed by atoms with Crippen molar-refractivity contribution in [2.75, 3.05) is 20.3 Å². The second-order valence-corrected chi connectivity index (χ2v) is 5.24. The Morgan fingerprint density at radius 1 is 1.39 bits per heavy atom. The number of hydrogen-bond acceptors (Lipinski definition) is 7. The van der Waals surface area contributed by atoms with Gasteiger partial charge in [0.2, 0.25) is 0 Å². The third kappa shape index (κ3) is 3.90. The zero-order valence-corrected chi connectivity index (χ0v) is 11.4. The van der Waals surface area contributed by atoms with Crippen LogP contribution in [0.1, 0.15) is 24.3 Å². The lowest BCUT2D eigenvalue weighted by molar-refractivity contribution is 0.0594. The standard InChI is InChI=1S/C9H16N3O5P/c1-4-16-18(14,17-5-2)7-12-6-8(10-11-12)9(13)15-3/h6H,4-5,7H2,1-3H3. The zero-order valence-electron chi connectivity index (χ0n) is 10.5. The molecule has 0 aliphatic carbocycles. The van der Waals surface area contributed by atoms with Crippen LogP contribution in [0.5, 0.6) is 0 Å². The lowest BCUT2D eigenvalue weighted by Crippen LogP contribution is -2.06. The van der Waals surface area contributed by atoms with Gasteiger partial charge in [-0.05, 0) is 13.8 Å². The number of aromatic nitrogens is 3. The molecule has 0 aromatic carbocycles. The molecule has 0 aliphatic heterocycles. The summed E-state index contributed by atoms with van der Waals surface area (Å²) in [6.07, 6.45) is 1.23. The Kier molecular flexibility index (Phi) is 5.46. The summed E-state index contributed by atoms with van der Waals surface area (Å²) in [5.74, 6) is -0.607. The highest BCUT2D eigenvalue weighted by atomic mass is 31.2. The smallest absolute Gasteiger partial charge is 0.360 e. The average molecular weight is 277 g/mol. The van der Waals surface area contributed by atoms with Crippen LogP contribution in [-0.2, 0) is 24.6 Å². The average Bonchev–Trinajstić information content (AvgIpc) is 2.76. The SMILES string of the molecule is CCOP(=O)(Cn1cc(C(=O)OC)nn1)OCC. The minimum Gasteiger partial charge on any atom is -0.464 e. The van der Waals surface area contributed by atoms with Gasteiger partial charge in [0.25, 0.3) is 0 Å². The van der Waals surface area contributed by atoms with Crippen molar-refractivity contribution in [1.82, 2.24) is 15.0 Å². The van der Waals surface area contributed by atoms with E-state index in [1.54, 1.807) is 13.8 Å². The van der Waals surface area contributed by atoms with Gasteiger partial charge in [-0.1, -0.05) is 5.21 Å². The minimum atomic E-state index is -3.26. The van der Waals surface area contributed by atoms with Crippen molar-refractivity contribution in [3.05, 3.63) is 11.9 Å². The highest BCUT2D eigenvalue weighted by Gasteiger charge is 2.25. The summed E-state index contributed by atoms with van der Waals surface area (Å²) in [6, 6.07) is 0. The topological polar surface area (TPSA) is 92.5 Å². The predicted molar refractivity (Wildman–Crippen MR) is 62.2 cm³/mol. The third-order valence-corrected chi connectivity index (χ3v) is 3.84. The van der Waals surface area contributed by atoms with E-state index in [9.17, 15) is 9.36 Å². The second-order valence-electron chi connectivity index (χ2n) is 3.22. The van der Waals surface area contributed by atoms with Crippen molar-refractivity contribution in [3.8, 4) is 0 Å². The van der Waals surface area contributed by atoms with Crippen LogP contribution in [0.3, 0.4) is 0 Å². The molecular formula is C9H16N3O5P. The van der Waals surface area contributed by atoms with Crippen LogP contribution < -0.4 is 0 Å².